The third-order valence-corrected chi connectivity index (χ3v) is 4.71. The van der Waals surface area contributed by atoms with Crippen molar-refractivity contribution in [1.82, 2.24) is 0 Å². The molecule has 5 heteroatoms. The second-order valence-corrected chi connectivity index (χ2v) is 5.98. The van der Waals surface area contributed by atoms with Crippen molar-refractivity contribution in [1.29, 1.82) is 0 Å². The monoisotopic (exact) mass is 268 g/mol. The highest BCUT2D eigenvalue weighted by Crippen LogP contribution is 2.46. The van der Waals surface area contributed by atoms with Crippen LogP contribution in [-0.4, -0.2) is 34.4 Å². The van der Waals surface area contributed by atoms with Gasteiger partial charge in [0.2, 0.25) is 0 Å². The van der Waals surface area contributed by atoms with Crippen molar-refractivity contribution in [3.63, 3.8) is 0 Å². The van der Waals surface area contributed by atoms with E-state index in [1.807, 2.05) is 0 Å². The maximum Gasteiger partial charge on any atom is 0.326 e. The number of unbranched alkanes of at least 4 members (excludes halogenated alkanes) is 1. The molecule has 0 radical (unpaired) electrons. The van der Waals surface area contributed by atoms with Gasteiger partial charge in [0, 0.05) is 0 Å². The molecule has 1 fully saturated rings. The first kappa shape index (κ1) is 14.5. The number of rotatable bonds is 7. The number of hydrogen-bond acceptors (Lipinski definition) is 4. The van der Waals surface area contributed by atoms with Crippen LogP contribution >= 0.6 is 0 Å². The number of carboxylic acid groups (broad SMARTS) is 1. The highest BCUT2D eigenvalue weighted by atomic mass is 16.4. The number of aliphatic carboxylic acids is 1. The predicted octanol–water partition coefficient (Wildman–Crippen LogP) is 0.471. The average Bonchev–Trinajstić information content (AvgIpc) is 2.99. The topological polar surface area (TPSA) is 110 Å². The molecule has 0 aliphatic heterocycles. The number of allylic oxidation sites excluding steroid dienone is 2. The molecule has 0 aromatic carbocycles. The molecule has 0 heterocycles. The standard InChI is InChI=1S/C14H24N2O3/c15-6-2-1-5-14(16,13(18)19)12(17)11-8-9-3-4-10(11)7-9/h3-4,9-12,17H,1-2,5-8,15-16H2,(H,18,19)/t9?,10?,11?,12-,14+/m1/s1. The second-order valence-electron chi connectivity index (χ2n) is 5.98. The van der Waals surface area contributed by atoms with Gasteiger partial charge in [0.05, 0.1) is 6.10 Å². The molecule has 0 amide bonds. The summed E-state index contributed by atoms with van der Waals surface area (Å²) in [5.41, 5.74) is 9.90. The Bertz CT molecular complexity index is 372. The Kier molecular flexibility index (Phi) is 4.28. The van der Waals surface area contributed by atoms with Crippen LogP contribution in [0, 0.1) is 17.8 Å². The van der Waals surface area contributed by atoms with Gasteiger partial charge < -0.3 is 21.7 Å². The van der Waals surface area contributed by atoms with E-state index in [1.54, 1.807) is 0 Å². The van der Waals surface area contributed by atoms with Gasteiger partial charge in [-0.1, -0.05) is 12.2 Å². The van der Waals surface area contributed by atoms with Crippen LogP contribution in [0.15, 0.2) is 12.2 Å². The maximum absolute atomic E-state index is 11.5. The Labute approximate surface area is 113 Å². The molecule has 2 aliphatic rings. The third-order valence-electron chi connectivity index (χ3n) is 4.71. The molecule has 0 saturated heterocycles. The Hall–Kier alpha value is -0.910. The van der Waals surface area contributed by atoms with Crippen molar-refractivity contribution in [3.05, 3.63) is 12.2 Å². The van der Waals surface area contributed by atoms with E-state index in [1.165, 1.54) is 0 Å². The molecule has 0 aromatic heterocycles. The molecular formula is C14H24N2O3. The summed E-state index contributed by atoms with van der Waals surface area (Å²) in [7, 11) is 0. The predicted molar refractivity (Wildman–Crippen MR) is 72.3 cm³/mol. The van der Waals surface area contributed by atoms with Crippen LogP contribution in [-0.2, 0) is 4.79 Å². The molecule has 0 spiro atoms. The third kappa shape index (κ3) is 2.68. The molecule has 19 heavy (non-hydrogen) atoms. The number of aliphatic hydroxyl groups is 1. The Morgan fingerprint density at radius 1 is 1.37 bits per heavy atom. The molecule has 2 aliphatic carbocycles. The van der Waals surface area contributed by atoms with E-state index in [9.17, 15) is 15.0 Å². The molecule has 3 unspecified atom stereocenters. The van der Waals surface area contributed by atoms with Crippen LogP contribution in [0.2, 0.25) is 0 Å². The molecule has 1 saturated carbocycles. The van der Waals surface area contributed by atoms with Crippen LogP contribution in [0.5, 0.6) is 0 Å². The fourth-order valence-corrected chi connectivity index (χ4v) is 3.51. The zero-order chi connectivity index (χ0) is 14.0. The van der Waals surface area contributed by atoms with Crippen molar-refractivity contribution in [3.8, 4) is 0 Å². The first-order valence-electron chi connectivity index (χ1n) is 7.07. The summed E-state index contributed by atoms with van der Waals surface area (Å²) in [4.78, 5) is 11.5. The minimum Gasteiger partial charge on any atom is -0.480 e. The SMILES string of the molecule is NCCCC[C@@](N)(C(=O)O)[C@H](O)C1CC2C=CC1C2. The summed E-state index contributed by atoms with van der Waals surface area (Å²) in [6.07, 6.45) is 6.81. The van der Waals surface area contributed by atoms with Crippen molar-refractivity contribution >= 4 is 5.97 Å². The van der Waals surface area contributed by atoms with Gasteiger partial charge in [-0.3, -0.25) is 4.79 Å². The number of aliphatic hydroxyl groups excluding tert-OH is 1. The number of fused-ring (bicyclic) bond motifs is 2. The maximum atomic E-state index is 11.5. The Morgan fingerprint density at radius 3 is 2.58 bits per heavy atom. The summed E-state index contributed by atoms with van der Waals surface area (Å²) in [5, 5.41) is 19.9. The highest BCUT2D eigenvalue weighted by molar-refractivity contribution is 5.79. The van der Waals surface area contributed by atoms with Gasteiger partial charge >= 0.3 is 5.97 Å². The second kappa shape index (κ2) is 5.61. The molecule has 0 aromatic rings. The highest BCUT2D eigenvalue weighted by Gasteiger charge is 2.50. The molecule has 5 atom stereocenters. The van der Waals surface area contributed by atoms with Gasteiger partial charge in [-0.2, -0.15) is 0 Å². The van der Waals surface area contributed by atoms with E-state index in [-0.39, 0.29) is 18.3 Å². The molecular weight excluding hydrogens is 244 g/mol. The van der Waals surface area contributed by atoms with Crippen LogP contribution in [0.4, 0.5) is 0 Å². The minimum atomic E-state index is -1.54. The molecule has 2 bridgehead atoms. The zero-order valence-electron chi connectivity index (χ0n) is 11.2. The normalized spacial score (nSPS) is 33.3. The smallest absolute Gasteiger partial charge is 0.326 e. The van der Waals surface area contributed by atoms with Gasteiger partial charge in [0.1, 0.15) is 5.54 Å². The van der Waals surface area contributed by atoms with Crippen molar-refractivity contribution in [2.24, 2.45) is 29.2 Å². The van der Waals surface area contributed by atoms with Gasteiger partial charge in [0.25, 0.3) is 0 Å². The van der Waals surface area contributed by atoms with Crippen molar-refractivity contribution in [2.45, 2.75) is 43.7 Å². The molecule has 6 N–H and O–H groups in total. The van der Waals surface area contributed by atoms with Crippen LogP contribution in [0.3, 0.4) is 0 Å². The zero-order valence-corrected chi connectivity index (χ0v) is 11.2. The molecule has 2 rings (SSSR count). The molecule has 5 nitrogen and oxygen atoms in total. The van der Waals surface area contributed by atoms with Crippen LogP contribution in [0.25, 0.3) is 0 Å². The number of carbonyl (C=O) groups is 1. The lowest BCUT2D eigenvalue weighted by Gasteiger charge is -2.36. The van der Waals surface area contributed by atoms with E-state index in [0.29, 0.717) is 18.9 Å². The van der Waals surface area contributed by atoms with Crippen LogP contribution < -0.4 is 11.5 Å². The van der Waals surface area contributed by atoms with Gasteiger partial charge in [-0.25, -0.2) is 0 Å². The summed E-state index contributed by atoms with van der Waals surface area (Å²) in [6.45, 7) is 0.517. The van der Waals surface area contributed by atoms with Gasteiger partial charge in [0.15, 0.2) is 0 Å². The number of carboxylic acids is 1. The summed E-state index contributed by atoms with van der Waals surface area (Å²) in [5.74, 6) is -0.346. The molecule has 108 valence electrons. The minimum absolute atomic E-state index is 0.0195. The lowest BCUT2D eigenvalue weighted by atomic mass is 9.76. The largest absolute Gasteiger partial charge is 0.480 e. The summed E-state index contributed by atoms with van der Waals surface area (Å²) >= 11 is 0. The van der Waals surface area contributed by atoms with E-state index in [4.69, 9.17) is 11.5 Å². The quantitative estimate of drug-likeness (QED) is 0.396. The first-order chi connectivity index (χ1) is 8.99. The van der Waals surface area contributed by atoms with Crippen LogP contribution in [0.1, 0.15) is 32.1 Å². The Balaban J connectivity index is 2.05. The fraction of sp³-hybridized carbons (Fsp3) is 0.786. The number of nitrogens with two attached hydrogens (primary N) is 2. The lowest BCUT2D eigenvalue weighted by molar-refractivity contribution is -0.150. The summed E-state index contributed by atoms with van der Waals surface area (Å²) in [6, 6.07) is 0. The summed E-state index contributed by atoms with van der Waals surface area (Å²) < 4.78 is 0. The van der Waals surface area contributed by atoms with Crippen molar-refractivity contribution < 1.29 is 15.0 Å². The number of hydrogen-bond donors (Lipinski definition) is 4. The lowest BCUT2D eigenvalue weighted by Crippen LogP contribution is -2.60. The fourth-order valence-electron chi connectivity index (χ4n) is 3.51. The van der Waals surface area contributed by atoms with E-state index >= 15 is 0 Å². The van der Waals surface area contributed by atoms with E-state index in [0.717, 1.165) is 19.3 Å². The average molecular weight is 268 g/mol. The first-order valence-corrected chi connectivity index (χ1v) is 7.07. The van der Waals surface area contributed by atoms with Gasteiger partial charge in [-0.05, 0) is 56.4 Å². The Morgan fingerprint density at radius 2 is 2.11 bits per heavy atom. The van der Waals surface area contributed by atoms with Crippen molar-refractivity contribution in [2.75, 3.05) is 6.54 Å². The van der Waals surface area contributed by atoms with Gasteiger partial charge in [-0.15, -0.1) is 0 Å². The van der Waals surface area contributed by atoms with E-state index < -0.39 is 17.6 Å². The van der Waals surface area contributed by atoms with E-state index in [2.05, 4.69) is 12.2 Å².